The Hall–Kier alpha value is -2.55. The molecular weight excluding hydrogens is 357 g/mol. The zero-order valence-corrected chi connectivity index (χ0v) is 13.8. The van der Waals surface area contributed by atoms with Crippen molar-refractivity contribution in [2.75, 3.05) is 6.26 Å². The van der Waals surface area contributed by atoms with Gasteiger partial charge in [-0.25, -0.2) is 0 Å². The Morgan fingerprint density at radius 3 is 2.56 bits per heavy atom. The van der Waals surface area contributed by atoms with E-state index in [4.69, 9.17) is 0 Å². The third kappa shape index (κ3) is 4.72. The van der Waals surface area contributed by atoms with Crippen LogP contribution in [0.2, 0.25) is 0 Å². The Bertz CT molecular complexity index is 809. The van der Waals surface area contributed by atoms with Crippen molar-refractivity contribution in [1.29, 1.82) is 0 Å². The molecule has 0 aromatic heterocycles. The second-order valence-corrected chi connectivity index (χ2v) is 5.90. The molecule has 5 nitrogen and oxygen atoms in total. The molecule has 132 valence electrons. The standard InChI is InChI=1S/C16H13F3N2O3S/c1-25-12-5-6-14(21(23)24)13(8-12)15(22)20-9-10-3-2-4-11(7-10)16(17,18)19/h2-8H,9H2,1H3,(H,20,22). The smallest absolute Gasteiger partial charge is 0.348 e. The van der Waals surface area contributed by atoms with Gasteiger partial charge in [-0.1, -0.05) is 12.1 Å². The fourth-order valence-corrected chi connectivity index (χ4v) is 2.56. The Morgan fingerprint density at radius 1 is 1.24 bits per heavy atom. The topological polar surface area (TPSA) is 72.2 Å². The zero-order chi connectivity index (χ0) is 18.6. The van der Waals surface area contributed by atoms with E-state index >= 15 is 0 Å². The first kappa shape index (κ1) is 18.8. The summed E-state index contributed by atoms with van der Waals surface area (Å²) in [7, 11) is 0. The molecule has 0 saturated carbocycles. The van der Waals surface area contributed by atoms with E-state index in [0.717, 1.165) is 12.1 Å². The first-order valence-electron chi connectivity index (χ1n) is 6.99. The number of thioether (sulfide) groups is 1. The van der Waals surface area contributed by atoms with Gasteiger partial charge in [-0.2, -0.15) is 13.2 Å². The molecule has 0 radical (unpaired) electrons. The Balaban J connectivity index is 2.19. The normalized spacial score (nSPS) is 11.2. The van der Waals surface area contributed by atoms with Crippen LogP contribution in [-0.4, -0.2) is 17.1 Å². The lowest BCUT2D eigenvalue weighted by Crippen LogP contribution is -2.24. The number of amides is 1. The summed E-state index contributed by atoms with van der Waals surface area (Å²) in [5, 5.41) is 13.5. The van der Waals surface area contributed by atoms with Crippen molar-refractivity contribution in [2.24, 2.45) is 0 Å². The van der Waals surface area contributed by atoms with Crippen molar-refractivity contribution in [3.05, 3.63) is 69.3 Å². The SMILES string of the molecule is CSc1ccc([N+](=O)[O-])c(C(=O)NCc2cccc(C(F)(F)F)c2)c1. The van der Waals surface area contributed by atoms with Crippen molar-refractivity contribution in [3.8, 4) is 0 Å². The van der Waals surface area contributed by atoms with E-state index in [-0.39, 0.29) is 23.4 Å². The number of nitrogens with one attached hydrogen (secondary N) is 1. The molecule has 0 aliphatic heterocycles. The molecule has 0 saturated heterocycles. The van der Waals surface area contributed by atoms with Crippen LogP contribution in [0.15, 0.2) is 47.4 Å². The maximum atomic E-state index is 12.7. The maximum absolute atomic E-state index is 12.7. The van der Waals surface area contributed by atoms with Gasteiger partial charge >= 0.3 is 6.18 Å². The summed E-state index contributed by atoms with van der Waals surface area (Å²) in [6, 6.07) is 8.65. The van der Waals surface area contributed by atoms with Crippen LogP contribution >= 0.6 is 11.8 Å². The molecule has 0 spiro atoms. The van der Waals surface area contributed by atoms with E-state index in [0.29, 0.717) is 4.90 Å². The molecular formula is C16H13F3N2O3S. The van der Waals surface area contributed by atoms with Crippen LogP contribution in [0.5, 0.6) is 0 Å². The van der Waals surface area contributed by atoms with E-state index in [1.165, 1.54) is 42.1 Å². The molecule has 0 fully saturated rings. The maximum Gasteiger partial charge on any atom is 0.416 e. The molecule has 0 aliphatic carbocycles. The van der Waals surface area contributed by atoms with Crippen molar-refractivity contribution in [2.45, 2.75) is 17.6 Å². The predicted molar refractivity (Wildman–Crippen MR) is 87.5 cm³/mol. The highest BCUT2D eigenvalue weighted by atomic mass is 32.2. The van der Waals surface area contributed by atoms with Gasteiger partial charge in [-0.3, -0.25) is 14.9 Å². The van der Waals surface area contributed by atoms with Crippen LogP contribution in [0.1, 0.15) is 21.5 Å². The summed E-state index contributed by atoms with van der Waals surface area (Å²) in [5.41, 5.74) is -1.08. The number of carbonyl (C=O) groups is 1. The highest BCUT2D eigenvalue weighted by Gasteiger charge is 2.30. The summed E-state index contributed by atoms with van der Waals surface area (Å²) >= 11 is 1.31. The molecule has 0 atom stereocenters. The molecule has 0 unspecified atom stereocenters. The quantitative estimate of drug-likeness (QED) is 0.485. The molecule has 0 heterocycles. The first-order chi connectivity index (χ1) is 11.7. The zero-order valence-electron chi connectivity index (χ0n) is 13.0. The molecule has 2 aromatic rings. The van der Waals surface area contributed by atoms with Gasteiger partial charge in [0.25, 0.3) is 11.6 Å². The number of rotatable bonds is 5. The number of benzene rings is 2. The number of carbonyl (C=O) groups excluding carboxylic acids is 1. The largest absolute Gasteiger partial charge is 0.416 e. The summed E-state index contributed by atoms with van der Waals surface area (Å²) in [6.45, 7) is -0.177. The second kappa shape index (κ2) is 7.56. The van der Waals surface area contributed by atoms with E-state index in [9.17, 15) is 28.1 Å². The average molecular weight is 370 g/mol. The minimum Gasteiger partial charge on any atom is -0.348 e. The number of nitro groups is 1. The number of nitro benzene ring substituents is 1. The molecule has 0 bridgehead atoms. The van der Waals surface area contributed by atoms with Gasteiger partial charge in [0.15, 0.2) is 0 Å². The fraction of sp³-hybridized carbons (Fsp3) is 0.188. The summed E-state index contributed by atoms with van der Waals surface area (Å²) in [5.74, 6) is -0.722. The molecule has 25 heavy (non-hydrogen) atoms. The van der Waals surface area contributed by atoms with Crippen LogP contribution < -0.4 is 5.32 Å². The second-order valence-electron chi connectivity index (χ2n) is 5.02. The highest BCUT2D eigenvalue weighted by Crippen LogP contribution is 2.29. The van der Waals surface area contributed by atoms with Gasteiger partial charge in [0, 0.05) is 17.5 Å². The average Bonchev–Trinajstić information content (AvgIpc) is 2.58. The lowest BCUT2D eigenvalue weighted by Gasteiger charge is -2.10. The lowest BCUT2D eigenvalue weighted by molar-refractivity contribution is -0.385. The van der Waals surface area contributed by atoms with E-state index < -0.39 is 22.6 Å². The summed E-state index contributed by atoms with van der Waals surface area (Å²) in [6.07, 6.45) is -2.73. The number of halogens is 3. The lowest BCUT2D eigenvalue weighted by atomic mass is 10.1. The van der Waals surface area contributed by atoms with Crippen molar-refractivity contribution in [1.82, 2.24) is 5.32 Å². The van der Waals surface area contributed by atoms with Crippen LogP contribution in [0.3, 0.4) is 0 Å². The third-order valence-corrected chi connectivity index (χ3v) is 4.08. The van der Waals surface area contributed by atoms with Gasteiger partial charge in [0.05, 0.1) is 10.5 Å². The minimum absolute atomic E-state index is 0.135. The van der Waals surface area contributed by atoms with Crippen LogP contribution in [-0.2, 0) is 12.7 Å². The Kier molecular flexibility index (Phi) is 5.68. The van der Waals surface area contributed by atoms with Gasteiger partial charge in [0.1, 0.15) is 5.56 Å². The van der Waals surface area contributed by atoms with E-state index in [1.54, 1.807) is 6.26 Å². The monoisotopic (exact) mass is 370 g/mol. The predicted octanol–water partition coefficient (Wildman–Crippen LogP) is 4.27. The minimum atomic E-state index is -4.48. The van der Waals surface area contributed by atoms with E-state index in [2.05, 4.69) is 5.32 Å². The molecule has 2 aromatic carbocycles. The number of nitrogens with zero attached hydrogens (tertiary/aromatic N) is 1. The molecule has 1 N–H and O–H groups in total. The molecule has 2 rings (SSSR count). The first-order valence-corrected chi connectivity index (χ1v) is 8.21. The number of alkyl halides is 3. The number of hydrogen-bond donors (Lipinski definition) is 1. The third-order valence-electron chi connectivity index (χ3n) is 3.35. The Labute approximate surface area is 145 Å². The van der Waals surface area contributed by atoms with Crippen LogP contribution in [0.4, 0.5) is 18.9 Å². The highest BCUT2D eigenvalue weighted by molar-refractivity contribution is 7.98. The fourth-order valence-electron chi connectivity index (χ4n) is 2.12. The van der Waals surface area contributed by atoms with Gasteiger partial charge in [0.2, 0.25) is 0 Å². The van der Waals surface area contributed by atoms with Crippen molar-refractivity contribution < 1.29 is 22.9 Å². The van der Waals surface area contributed by atoms with Crippen molar-refractivity contribution >= 4 is 23.4 Å². The van der Waals surface area contributed by atoms with Crippen molar-refractivity contribution in [3.63, 3.8) is 0 Å². The van der Waals surface area contributed by atoms with Gasteiger partial charge < -0.3 is 5.32 Å². The van der Waals surface area contributed by atoms with Crippen LogP contribution in [0, 0.1) is 10.1 Å². The van der Waals surface area contributed by atoms with Gasteiger partial charge in [-0.05, 0) is 36.1 Å². The number of hydrogen-bond acceptors (Lipinski definition) is 4. The molecule has 0 aliphatic rings. The van der Waals surface area contributed by atoms with E-state index in [1.807, 2.05) is 0 Å². The van der Waals surface area contributed by atoms with Crippen LogP contribution in [0.25, 0.3) is 0 Å². The molecule has 9 heteroatoms. The van der Waals surface area contributed by atoms with Gasteiger partial charge in [-0.15, -0.1) is 11.8 Å². The summed E-state index contributed by atoms with van der Waals surface area (Å²) in [4.78, 5) is 23.3. The summed E-state index contributed by atoms with van der Waals surface area (Å²) < 4.78 is 38.1. The Morgan fingerprint density at radius 2 is 1.96 bits per heavy atom. The molecule has 1 amide bonds.